The third-order valence-corrected chi connectivity index (χ3v) is 4.85. The first kappa shape index (κ1) is 18.3. The Morgan fingerprint density at radius 1 is 1.18 bits per heavy atom. The molecule has 0 spiro atoms. The molecule has 10 heteroatoms. The Balaban J connectivity index is 1.90. The van der Waals surface area contributed by atoms with E-state index in [4.69, 9.17) is 17.3 Å². The molecule has 0 saturated heterocycles. The number of aromatic nitrogens is 3. The number of carbonyl (C=O) groups excluding carboxylic acids is 1. The monoisotopic (exact) mass is 407 g/mol. The molecule has 0 bridgehead atoms. The average molecular weight is 408 g/mol. The molecule has 0 fully saturated rings. The summed E-state index contributed by atoms with van der Waals surface area (Å²) in [6.45, 7) is 0.691. The fraction of sp³-hybridized carbons (Fsp3) is 0.167. The van der Waals surface area contributed by atoms with Gasteiger partial charge in [0, 0.05) is 28.3 Å². The van der Waals surface area contributed by atoms with Gasteiger partial charge in [-0.15, -0.1) is 0 Å². The summed E-state index contributed by atoms with van der Waals surface area (Å²) in [7, 11) is 0. The summed E-state index contributed by atoms with van der Waals surface area (Å²) in [4.78, 5) is 23.2. The highest BCUT2D eigenvalue weighted by atomic mass is 35.5. The number of nitrogens with zero attached hydrogens (tertiary/aromatic N) is 2. The van der Waals surface area contributed by atoms with Crippen molar-refractivity contribution in [1.29, 1.82) is 0 Å². The van der Waals surface area contributed by atoms with Crippen molar-refractivity contribution in [1.82, 2.24) is 15.0 Å². The number of carbonyl (C=O) groups is 1. The lowest BCUT2D eigenvalue weighted by molar-refractivity contribution is -0.137. The molecule has 3 aromatic rings. The van der Waals surface area contributed by atoms with Gasteiger partial charge in [0.2, 0.25) is 0 Å². The molecule has 0 aliphatic carbocycles. The first-order valence-corrected chi connectivity index (χ1v) is 8.61. The highest BCUT2D eigenvalue weighted by molar-refractivity contribution is 6.33. The number of anilines is 1. The zero-order valence-electron chi connectivity index (χ0n) is 14.2. The number of halogens is 4. The van der Waals surface area contributed by atoms with E-state index in [1.165, 1.54) is 12.4 Å². The second kappa shape index (κ2) is 6.52. The zero-order chi connectivity index (χ0) is 20.1. The Hall–Kier alpha value is -3.07. The molecule has 1 aromatic carbocycles. The minimum atomic E-state index is -4.55. The molecular formula is C18H13ClF3N5O. The van der Waals surface area contributed by atoms with Crippen LogP contribution in [-0.2, 0) is 12.6 Å². The third-order valence-electron chi connectivity index (χ3n) is 4.52. The average Bonchev–Trinajstić information content (AvgIpc) is 3.28. The summed E-state index contributed by atoms with van der Waals surface area (Å²) >= 11 is 6.14. The fourth-order valence-electron chi connectivity index (χ4n) is 3.24. The molecule has 0 radical (unpaired) electrons. The molecule has 1 amide bonds. The van der Waals surface area contributed by atoms with Gasteiger partial charge in [0.25, 0.3) is 5.91 Å². The zero-order valence-corrected chi connectivity index (χ0v) is 14.9. The molecule has 3 heterocycles. The van der Waals surface area contributed by atoms with Gasteiger partial charge < -0.3 is 16.0 Å². The van der Waals surface area contributed by atoms with Crippen molar-refractivity contribution in [3.63, 3.8) is 0 Å². The number of H-pyrrole nitrogens is 1. The lowest BCUT2D eigenvalue weighted by Crippen LogP contribution is -2.13. The van der Waals surface area contributed by atoms with E-state index in [2.05, 4.69) is 20.3 Å². The summed E-state index contributed by atoms with van der Waals surface area (Å²) in [5.74, 6) is -0.141. The number of fused-ring (bicyclic) bond motifs is 1. The second-order valence-electron chi connectivity index (χ2n) is 6.25. The molecule has 4 N–H and O–H groups in total. The van der Waals surface area contributed by atoms with E-state index in [1.54, 1.807) is 0 Å². The molecule has 144 valence electrons. The van der Waals surface area contributed by atoms with Crippen LogP contribution in [0.1, 0.15) is 21.6 Å². The Bertz CT molecular complexity index is 1090. The number of rotatable bonds is 3. The highest BCUT2D eigenvalue weighted by Gasteiger charge is 2.32. The Morgan fingerprint density at radius 3 is 2.68 bits per heavy atom. The first-order valence-electron chi connectivity index (χ1n) is 8.23. The number of hydrogen-bond acceptors (Lipinski definition) is 4. The van der Waals surface area contributed by atoms with E-state index in [-0.39, 0.29) is 21.8 Å². The Labute approximate surface area is 161 Å². The Morgan fingerprint density at radius 2 is 1.96 bits per heavy atom. The second-order valence-corrected chi connectivity index (χ2v) is 6.66. The fourth-order valence-corrected chi connectivity index (χ4v) is 3.46. The van der Waals surface area contributed by atoms with Crippen LogP contribution in [0, 0.1) is 0 Å². The normalized spacial score (nSPS) is 13.3. The van der Waals surface area contributed by atoms with E-state index in [0.717, 1.165) is 23.8 Å². The topological polar surface area (TPSA) is 96.7 Å². The number of primary amides is 1. The maximum Gasteiger partial charge on any atom is 0.416 e. The summed E-state index contributed by atoms with van der Waals surface area (Å²) in [6.07, 6.45) is -2.51. The van der Waals surface area contributed by atoms with Gasteiger partial charge in [-0.1, -0.05) is 11.6 Å². The van der Waals surface area contributed by atoms with Crippen molar-refractivity contribution in [2.75, 3.05) is 11.9 Å². The number of benzene rings is 1. The van der Waals surface area contributed by atoms with E-state index >= 15 is 0 Å². The van der Waals surface area contributed by atoms with Gasteiger partial charge in [0.05, 0.1) is 17.0 Å². The van der Waals surface area contributed by atoms with Crippen molar-refractivity contribution in [3.8, 4) is 22.5 Å². The van der Waals surface area contributed by atoms with Gasteiger partial charge in [-0.2, -0.15) is 13.2 Å². The largest absolute Gasteiger partial charge is 0.416 e. The number of alkyl halides is 3. The van der Waals surface area contributed by atoms with E-state index < -0.39 is 17.6 Å². The molecule has 2 aromatic heterocycles. The van der Waals surface area contributed by atoms with Crippen LogP contribution in [-0.4, -0.2) is 27.4 Å². The number of nitrogens with two attached hydrogens (primary N) is 1. The smallest absolute Gasteiger partial charge is 0.369 e. The first-order chi connectivity index (χ1) is 13.3. The molecular weight excluding hydrogens is 395 g/mol. The van der Waals surface area contributed by atoms with Gasteiger partial charge in [-0.05, 0) is 30.7 Å². The quantitative estimate of drug-likeness (QED) is 0.614. The van der Waals surface area contributed by atoms with Crippen molar-refractivity contribution in [2.24, 2.45) is 5.73 Å². The Kier molecular flexibility index (Phi) is 4.26. The van der Waals surface area contributed by atoms with Crippen molar-refractivity contribution < 1.29 is 18.0 Å². The van der Waals surface area contributed by atoms with Crippen LogP contribution >= 0.6 is 11.6 Å². The molecule has 0 atom stereocenters. The lowest BCUT2D eigenvalue weighted by atomic mass is 10.0. The van der Waals surface area contributed by atoms with Gasteiger partial charge in [0.15, 0.2) is 0 Å². The summed E-state index contributed by atoms with van der Waals surface area (Å²) in [6, 6.07) is 4.45. The standard InChI is InChI=1S/C18H13ClF3N5O/c19-12-2-1-8(18(20,21)22)5-10(12)11-6-13(27-15(11)16(23)28)14-9-3-4-24-17(9)26-7-25-14/h1-2,5-7,27H,3-4H2,(H2,23,28)(H,24,25,26). The van der Waals surface area contributed by atoms with Crippen LogP contribution in [0.5, 0.6) is 0 Å². The highest BCUT2D eigenvalue weighted by Crippen LogP contribution is 2.39. The molecule has 1 aliphatic heterocycles. The number of amides is 1. The number of aromatic amines is 1. The van der Waals surface area contributed by atoms with Crippen LogP contribution in [0.15, 0.2) is 30.6 Å². The molecule has 28 heavy (non-hydrogen) atoms. The number of hydrogen-bond donors (Lipinski definition) is 3. The van der Waals surface area contributed by atoms with Gasteiger partial charge in [0.1, 0.15) is 17.8 Å². The maximum atomic E-state index is 13.1. The molecule has 1 aliphatic rings. The van der Waals surface area contributed by atoms with Gasteiger partial charge in [-0.3, -0.25) is 4.79 Å². The SMILES string of the molecule is NC(=O)c1[nH]c(-c2ncnc3c2CCN3)cc1-c1cc(C(F)(F)F)ccc1Cl. The minimum Gasteiger partial charge on any atom is -0.369 e. The predicted molar refractivity (Wildman–Crippen MR) is 98.0 cm³/mol. The predicted octanol–water partition coefficient (Wildman–Crippen LogP) is 3.88. The molecule has 0 saturated carbocycles. The van der Waals surface area contributed by atoms with E-state index in [1.807, 2.05) is 0 Å². The summed E-state index contributed by atoms with van der Waals surface area (Å²) in [5, 5.41) is 3.18. The van der Waals surface area contributed by atoms with Crippen molar-refractivity contribution >= 4 is 23.3 Å². The summed E-state index contributed by atoms with van der Waals surface area (Å²) < 4.78 is 39.4. The third kappa shape index (κ3) is 3.07. The van der Waals surface area contributed by atoms with E-state index in [9.17, 15) is 18.0 Å². The van der Waals surface area contributed by atoms with Crippen LogP contribution in [0.25, 0.3) is 22.5 Å². The van der Waals surface area contributed by atoms with Gasteiger partial charge >= 0.3 is 6.18 Å². The van der Waals surface area contributed by atoms with Crippen LogP contribution in [0.2, 0.25) is 5.02 Å². The van der Waals surface area contributed by atoms with Crippen LogP contribution < -0.4 is 11.1 Å². The van der Waals surface area contributed by atoms with Crippen LogP contribution in [0.4, 0.5) is 19.0 Å². The van der Waals surface area contributed by atoms with Crippen LogP contribution in [0.3, 0.4) is 0 Å². The number of nitrogens with one attached hydrogen (secondary N) is 2. The van der Waals surface area contributed by atoms with Crippen molar-refractivity contribution in [2.45, 2.75) is 12.6 Å². The van der Waals surface area contributed by atoms with E-state index in [0.29, 0.717) is 30.2 Å². The molecule has 4 rings (SSSR count). The van der Waals surface area contributed by atoms with Gasteiger partial charge in [-0.25, -0.2) is 9.97 Å². The van der Waals surface area contributed by atoms with Crippen molar-refractivity contribution in [3.05, 3.63) is 52.4 Å². The summed E-state index contributed by atoms with van der Waals surface area (Å²) in [5.41, 5.74) is 6.60. The lowest BCUT2D eigenvalue weighted by Gasteiger charge is -2.10. The molecule has 6 nitrogen and oxygen atoms in total. The minimum absolute atomic E-state index is 0.0467. The molecule has 0 unspecified atom stereocenters. The maximum absolute atomic E-state index is 13.1.